The number of carbonyl (C=O) groups excluding carboxylic acids is 1. The molecule has 20 heavy (non-hydrogen) atoms. The van der Waals surface area contributed by atoms with Crippen LogP contribution in [0.5, 0.6) is 0 Å². The Morgan fingerprint density at radius 1 is 1.30 bits per heavy atom. The van der Waals surface area contributed by atoms with Gasteiger partial charge in [0.1, 0.15) is 0 Å². The van der Waals surface area contributed by atoms with Gasteiger partial charge in [0.2, 0.25) is 0 Å². The van der Waals surface area contributed by atoms with Gasteiger partial charge in [-0.25, -0.2) is 0 Å². The Hall–Kier alpha value is -0.540. The molecule has 0 atom stereocenters. The van der Waals surface area contributed by atoms with E-state index in [1.54, 1.807) is 18.2 Å². The normalized spacial score (nSPS) is 11.2. The fourth-order valence-electron chi connectivity index (χ4n) is 2.32. The molecule has 0 radical (unpaired) electrons. The van der Waals surface area contributed by atoms with Crippen LogP contribution in [0.15, 0.2) is 22.7 Å². The van der Waals surface area contributed by atoms with E-state index in [4.69, 9.17) is 11.6 Å². The summed E-state index contributed by atoms with van der Waals surface area (Å²) in [5.74, 6) is 0.542. The van der Waals surface area contributed by atoms with Crippen molar-refractivity contribution in [2.24, 2.45) is 5.92 Å². The lowest BCUT2D eigenvalue weighted by molar-refractivity contribution is 0.0640. The topological polar surface area (TPSA) is 20.3 Å². The van der Waals surface area contributed by atoms with Crippen LogP contribution in [0.2, 0.25) is 5.02 Å². The number of hydrogen-bond acceptors (Lipinski definition) is 1. The highest BCUT2D eigenvalue weighted by atomic mass is 79.9. The largest absolute Gasteiger partial charge is 0.335 e. The number of benzene rings is 1. The average Bonchev–Trinajstić information content (AvgIpc) is 2.41. The minimum Gasteiger partial charge on any atom is -0.335 e. The zero-order valence-corrected chi connectivity index (χ0v) is 15.0. The molecule has 2 nitrogen and oxygen atoms in total. The molecule has 0 unspecified atom stereocenters. The quantitative estimate of drug-likeness (QED) is 0.666. The molecule has 0 spiro atoms. The molecular weight excluding hydrogens is 338 g/mol. The zero-order valence-electron chi connectivity index (χ0n) is 12.6. The number of nitrogens with zero attached hydrogens (tertiary/aromatic N) is 1. The molecular formula is C16H23BrClNO. The summed E-state index contributed by atoms with van der Waals surface area (Å²) in [6.07, 6.45) is 1.95. The maximum Gasteiger partial charge on any atom is 0.254 e. The summed E-state index contributed by atoms with van der Waals surface area (Å²) in [4.78, 5) is 14.8. The van der Waals surface area contributed by atoms with Crippen molar-refractivity contribution >= 4 is 33.4 Å². The van der Waals surface area contributed by atoms with Crippen molar-refractivity contribution in [3.8, 4) is 0 Å². The zero-order chi connectivity index (χ0) is 15.3. The SMILES string of the molecule is CCC(CC)N(CC(C)C)C(=O)c1ccc(Cl)c(Br)c1. The highest BCUT2D eigenvalue weighted by Crippen LogP contribution is 2.25. The highest BCUT2D eigenvalue weighted by molar-refractivity contribution is 9.10. The third-order valence-electron chi connectivity index (χ3n) is 3.37. The molecule has 4 heteroatoms. The summed E-state index contributed by atoms with van der Waals surface area (Å²) >= 11 is 9.38. The van der Waals surface area contributed by atoms with Gasteiger partial charge in [-0.1, -0.05) is 39.3 Å². The Bertz CT molecular complexity index is 458. The maximum atomic E-state index is 12.8. The summed E-state index contributed by atoms with van der Waals surface area (Å²) in [6.45, 7) is 9.32. The number of amides is 1. The lowest BCUT2D eigenvalue weighted by Gasteiger charge is -2.32. The van der Waals surface area contributed by atoms with Crippen LogP contribution in [0.3, 0.4) is 0 Å². The fourth-order valence-corrected chi connectivity index (χ4v) is 2.81. The molecule has 1 aromatic rings. The molecule has 0 aliphatic heterocycles. The molecule has 0 aromatic heterocycles. The van der Waals surface area contributed by atoms with Gasteiger partial charge in [-0.05, 0) is 52.9 Å². The molecule has 0 aliphatic carbocycles. The van der Waals surface area contributed by atoms with Crippen LogP contribution in [0.4, 0.5) is 0 Å². The van der Waals surface area contributed by atoms with E-state index in [-0.39, 0.29) is 5.91 Å². The Balaban J connectivity index is 3.05. The van der Waals surface area contributed by atoms with E-state index in [2.05, 4.69) is 43.6 Å². The third kappa shape index (κ3) is 4.49. The first-order chi connectivity index (χ1) is 9.40. The minimum atomic E-state index is 0.0877. The van der Waals surface area contributed by atoms with Crippen molar-refractivity contribution in [2.45, 2.75) is 46.6 Å². The van der Waals surface area contributed by atoms with Crippen molar-refractivity contribution in [2.75, 3.05) is 6.54 Å². The lowest BCUT2D eigenvalue weighted by atomic mass is 10.1. The van der Waals surface area contributed by atoms with Crippen LogP contribution in [0, 0.1) is 5.92 Å². The molecule has 1 aromatic carbocycles. The minimum absolute atomic E-state index is 0.0877. The van der Waals surface area contributed by atoms with Gasteiger partial charge >= 0.3 is 0 Å². The van der Waals surface area contributed by atoms with Crippen molar-refractivity contribution in [3.63, 3.8) is 0 Å². The van der Waals surface area contributed by atoms with Gasteiger partial charge < -0.3 is 4.90 Å². The summed E-state index contributed by atoms with van der Waals surface area (Å²) in [6, 6.07) is 5.66. The second-order valence-electron chi connectivity index (χ2n) is 5.45. The molecule has 0 bridgehead atoms. The molecule has 112 valence electrons. The Morgan fingerprint density at radius 3 is 2.35 bits per heavy atom. The lowest BCUT2D eigenvalue weighted by Crippen LogP contribution is -2.42. The van der Waals surface area contributed by atoms with E-state index >= 15 is 0 Å². The molecule has 0 fully saturated rings. The van der Waals surface area contributed by atoms with Crippen molar-refractivity contribution in [3.05, 3.63) is 33.3 Å². The van der Waals surface area contributed by atoms with Gasteiger partial charge in [-0.2, -0.15) is 0 Å². The molecule has 0 heterocycles. The van der Waals surface area contributed by atoms with Crippen molar-refractivity contribution < 1.29 is 4.79 Å². The van der Waals surface area contributed by atoms with Gasteiger partial charge in [0.15, 0.2) is 0 Å². The molecule has 1 amide bonds. The van der Waals surface area contributed by atoms with E-state index in [1.165, 1.54) is 0 Å². The summed E-state index contributed by atoms with van der Waals surface area (Å²) in [5.41, 5.74) is 0.689. The second kappa shape index (κ2) is 8.04. The first-order valence-corrected chi connectivity index (χ1v) is 8.33. The van der Waals surface area contributed by atoms with Crippen molar-refractivity contribution in [1.29, 1.82) is 0 Å². The standard InChI is InChI=1S/C16H23BrClNO/c1-5-13(6-2)19(10-11(3)4)16(20)12-7-8-15(18)14(17)9-12/h7-9,11,13H,5-6,10H2,1-4H3. The second-order valence-corrected chi connectivity index (χ2v) is 6.71. The predicted octanol–water partition coefficient (Wildman–Crippen LogP) is 5.39. The average molecular weight is 361 g/mol. The highest BCUT2D eigenvalue weighted by Gasteiger charge is 2.23. The van der Waals surface area contributed by atoms with Crippen LogP contribution in [0.1, 0.15) is 50.9 Å². The van der Waals surface area contributed by atoms with E-state index in [9.17, 15) is 4.79 Å². The first-order valence-electron chi connectivity index (χ1n) is 7.16. The Kier molecular flexibility index (Phi) is 7.04. The van der Waals surface area contributed by atoms with Crippen molar-refractivity contribution in [1.82, 2.24) is 4.90 Å². The van der Waals surface area contributed by atoms with Crippen LogP contribution >= 0.6 is 27.5 Å². The molecule has 0 N–H and O–H groups in total. The van der Waals surface area contributed by atoms with Gasteiger partial charge in [0, 0.05) is 22.6 Å². The van der Waals surface area contributed by atoms with Gasteiger partial charge in [0.25, 0.3) is 5.91 Å². The van der Waals surface area contributed by atoms with E-state index in [1.807, 2.05) is 4.90 Å². The Morgan fingerprint density at radius 2 is 1.90 bits per heavy atom. The Labute approximate surface area is 135 Å². The number of halogens is 2. The van der Waals surface area contributed by atoms with E-state index < -0.39 is 0 Å². The molecule has 0 saturated carbocycles. The van der Waals surface area contributed by atoms with Gasteiger partial charge in [0.05, 0.1) is 5.02 Å². The number of hydrogen-bond donors (Lipinski definition) is 0. The summed E-state index contributed by atoms with van der Waals surface area (Å²) in [7, 11) is 0. The van der Waals surface area contributed by atoms with Gasteiger partial charge in [-0.3, -0.25) is 4.79 Å². The maximum absolute atomic E-state index is 12.8. The first kappa shape index (κ1) is 17.5. The number of carbonyl (C=O) groups is 1. The molecule has 0 saturated heterocycles. The summed E-state index contributed by atoms with van der Waals surface area (Å²) < 4.78 is 0.763. The van der Waals surface area contributed by atoms with E-state index in [0.717, 1.165) is 23.9 Å². The fraction of sp³-hybridized carbons (Fsp3) is 0.562. The van der Waals surface area contributed by atoms with Gasteiger partial charge in [-0.15, -0.1) is 0 Å². The summed E-state index contributed by atoms with van der Waals surface area (Å²) in [5, 5.41) is 0.625. The van der Waals surface area contributed by atoms with Crippen LogP contribution < -0.4 is 0 Å². The third-order valence-corrected chi connectivity index (χ3v) is 4.59. The monoisotopic (exact) mass is 359 g/mol. The van der Waals surface area contributed by atoms with Crippen LogP contribution in [-0.4, -0.2) is 23.4 Å². The van der Waals surface area contributed by atoms with Crippen LogP contribution in [0.25, 0.3) is 0 Å². The number of rotatable bonds is 6. The smallest absolute Gasteiger partial charge is 0.254 e. The predicted molar refractivity (Wildman–Crippen MR) is 89.4 cm³/mol. The van der Waals surface area contributed by atoms with E-state index in [0.29, 0.717) is 22.5 Å². The van der Waals surface area contributed by atoms with Crippen LogP contribution in [-0.2, 0) is 0 Å². The molecule has 1 rings (SSSR count). The molecule has 0 aliphatic rings.